The van der Waals surface area contributed by atoms with Crippen molar-refractivity contribution in [3.63, 3.8) is 0 Å². The van der Waals surface area contributed by atoms with Crippen molar-refractivity contribution < 1.29 is 9.90 Å². The summed E-state index contributed by atoms with van der Waals surface area (Å²) in [5, 5.41) is 18.4. The quantitative estimate of drug-likeness (QED) is 0.899. The van der Waals surface area contributed by atoms with E-state index in [1.54, 1.807) is 12.1 Å². The second-order valence-corrected chi connectivity index (χ2v) is 5.78. The Morgan fingerprint density at radius 2 is 2.10 bits per heavy atom. The molecule has 0 bridgehead atoms. The van der Waals surface area contributed by atoms with Crippen LogP contribution in [0.4, 0.5) is 5.69 Å². The molecule has 110 valence electrons. The van der Waals surface area contributed by atoms with Gasteiger partial charge in [-0.15, -0.1) is 0 Å². The molecule has 2 aliphatic rings. The number of nitriles is 1. The van der Waals surface area contributed by atoms with Gasteiger partial charge in [0, 0.05) is 25.7 Å². The van der Waals surface area contributed by atoms with Crippen LogP contribution in [0.3, 0.4) is 0 Å². The zero-order chi connectivity index (χ0) is 14.8. The number of aromatic carboxylic acids is 1. The normalized spacial score (nSPS) is 22.4. The molecule has 5 heteroatoms. The van der Waals surface area contributed by atoms with Gasteiger partial charge in [-0.05, 0) is 44.0 Å². The monoisotopic (exact) mass is 285 g/mol. The third-order valence-electron chi connectivity index (χ3n) is 4.51. The Morgan fingerprint density at radius 3 is 2.86 bits per heavy atom. The summed E-state index contributed by atoms with van der Waals surface area (Å²) in [5.41, 5.74) is 1.50. The SMILES string of the molecule is N#Cc1cc(C(=O)O)ccc1N1CCCN2CCCC2C1. The van der Waals surface area contributed by atoms with Gasteiger partial charge < -0.3 is 10.0 Å². The van der Waals surface area contributed by atoms with E-state index in [0.717, 1.165) is 31.7 Å². The van der Waals surface area contributed by atoms with Crippen molar-refractivity contribution in [2.75, 3.05) is 31.1 Å². The first-order chi connectivity index (χ1) is 10.2. The first kappa shape index (κ1) is 13.9. The fourth-order valence-corrected chi connectivity index (χ4v) is 3.46. The molecule has 5 nitrogen and oxygen atoms in total. The van der Waals surface area contributed by atoms with Gasteiger partial charge in [-0.1, -0.05) is 0 Å². The molecule has 0 radical (unpaired) electrons. The predicted octanol–water partition coefficient (Wildman–Crippen LogP) is 1.93. The molecule has 2 fully saturated rings. The lowest BCUT2D eigenvalue weighted by molar-refractivity contribution is 0.0697. The van der Waals surface area contributed by atoms with Crippen molar-refractivity contribution in [1.82, 2.24) is 4.90 Å². The van der Waals surface area contributed by atoms with Gasteiger partial charge in [0.2, 0.25) is 0 Å². The number of benzene rings is 1. The van der Waals surface area contributed by atoms with Gasteiger partial charge in [-0.25, -0.2) is 4.79 Å². The van der Waals surface area contributed by atoms with E-state index < -0.39 is 5.97 Å². The molecule has 0 amide bonds. The number of rotatable bonds is 2. The molecule has 0 spiro atoms. The van der Waals surface area contributed by atoms with Crippen LogP contribution in [0.5, 0.6) is 0 Å². The summed E-state index contributed by atoms with van der Waals surface area (Å²) in [7, 11) is 0. The van der Waals surface area contributed by atoms with Crippen LogP contribution in [-0.2, 0) is 0 Å². The lowest BCUT2D eigenvalue weighted by Gasteiger charge is -2.28. The standard InChI is InChI=1S/C16H19N3O2/c17-10-13-9-12(16(20)21)4-5-15(13)19-8-2-7-18-6-1-3-14(18)11-19/h4-5,9,14H,1-3,6-8,11H2,(H,20,21). The number of fused-ring (bicyclic) bond motifs is 1. The van der Waals surface area contributed by atoms with Gasteiger partial charge in [0.1, 0.15) is 6.07 Å². The number of hydrogen-bond donors (Lipinski definition) is 1. The lowest BCUT2D eigenvalue weighted by Crippen LogP contribution is -2.36. The minimum Gasteiger partial charge on any atom is -0.478 e. The van der Waals surface area contributed by atoms with E-state index in [-0.39, 0.29) is 5.56 Å². The highest BCUT2D eigenvalue weighted by Crippen LogP contribution is 2.27. The molecular formula is C16H19N3O2. The molecule has 1 unspecified atom stereocenters. The molecule has 0 saturated carbocycles. The van der Waals surface area contributed by atoms with E-state index in [9.17, 15) is 10.1 Å². The average molecular weight is 285 g/mol. The van der Waals surface area contributed by atoms with Crippen LogP contribution >= 0.6 is 0 Å². The molecule has 2 saturated heterocycles. The number of nitrogens with zero attached hydrogens (tertiary/aromatic N) is 3. The van der Waals surface area contributed by atoms with Gasteiger partial charge in [0.25, 0.3) is 0 Å². The van der Waals surface area contributed by atoms with Crippen molar-refractivity contribution in [1.29, 1.82) is 5.26 Å². The van der Waals surface area contributed by atoms with E-state index in [2.05, 4.69) is 15.9 Å². The average Bonchev–Trinajstić information content (AvgIpc) is 2.83. The Balaban J connectivity index is 1.88. The Morgan fingerprint density at radius 1 is 1.29 bits per heavy atom. The molecule has 0 aliphatic carbocycles. The molecule has 3 rings (SSSR count). The Labute approximate surface area is 124 Å². The van der Waals surface area contributed by atoms with Gasteiger partial charge in [-0.3, -0.25) is 4.90 Å². The largest absolute Gasteiger partial charge is 0.478 e. The van der Waals surface area contributed by atoms with Crippen molar-refractivity contribution in [3.05, 3.63) is 29.3 Å². The van der Waals surface area contributed by atoms with Crippen molar-refractivity contribution in [2.24, 2.45) is 0 Å². The number of carboxylic acids is 1. The van der Waals surface area contributed by atoms with E-state index in [1.165, 1.54) is 25.5 Å². The summed E-state index contributed by atoms with van der Waals surface area (Å²) in [5.74, 6) is -0.990. The summed E-state index contributed by atoms with van der Waals surface area (Å²) in [6, 6.07) is 7.58. The topological polar surface area (TPSA) is 67.6 Å². The summed E-state index contributed by atoms with van der Waals surface area (Å²) < 4.78 is 0. The van der Waals surface area contributed by atoms with Crippen LogP contribution in [0.1, 0.15) is 35.2 Å². The second kappa shape index (κ2) is 5.74. The molecule has 2 aliphatic heterocycles. The predicted molar refractivity (Wildman–Crippen MR) is 79.5 cm³/mol. The third-order valence-corrected chi connectivity index (χ3v) is 4.51. The molecule has 1 aromatic carbocycles. The molecule has 21 heavy (non-hydrogen) atoms. The van der Waals surface area contributed by atoms with Crippen LogP contribution in [-0.4, -0.2) is 48.2 Å². The summed E-state index contributed by atoms with van der Waals surface area (Å²) in [6.45, 7) is 4.16. The summed E-state index contributed by atoms with van der Waals surface area (Å²) in [4.78, 5) is 15.8. The maximum atomic E-state index is 11.0. The third kappa shape index (κ3) is 2.72. The maximum Gasteiger partial charge on any atom is 0.335 e. The lowest BCUT2D eigenvalue weighted by atomic mass is 10.1. The highest BCUT2D eigenvalue weighted by atomic mass is 16.4. The summed E-state index contributed by atoms with van der Waals surface area (Å²) in [6.07, 6.45) is 3.55. The van der Waals surface area contributed by atoms with E-state index in [1.807, 2.05) is 0 Å². The number of carbonyl (C=O) groups is 1. The van der Waals surface area contributed by atoms with Gasteiger partial charge in [0.15, 0.2) is 0 Å². The Kier molecular flexibility index (Phi) is 3.80. The number of carboxylic acid groups (broad SMARTS) is 1. The zero-order valence-electron chi connectivity index (χ0n) is 12.0. The summed E-state index contributed by atoms with van der Waals surface area (Å²) >= 11 is 0. The maximum absolute atomic E-state index is 11.0. The molecule has 1 atom stereocenters. The van der Waals surface area contributed by atoms with Crippen LogP contribution in [0.2, 0.25) is 0 Å². The first-order valence-corrected chi connectivity index (χ1v) is 7.45. The fourth-order valence-electron chi connectivity index (χ4n) is 3.46. The molecule has 2 heterocycles. The van der Waals surface area contributed by atoms with Gasteiger partial charge >= 0.3 is 5.97 Å². The van der Waals surface area contributed by atoms with E-state index in [4.69, 9.17) is 5.11 Å². The first-order valence-electron chi connectivity index (χ1n) is 7.45. The van der Waals surface area contributed by atoms with Gasteiger partial charge in [0.05, 0.1) is 16.8 Å². The van der Waals surface area contributed by atoms with Crippen LogP contribution in [0, 0.1) is 11.3 Å². The molecule has 0 aromatic heterocycles. The molecule has 1 N–H and O–H groups in total. The van der Waals surface area contributed by atoms with E-state index in [0.29, 0.717) is 11.6 Å². The Bertz CT molecular complexity index is 594. The van der Waals surface area contributed by atoms with Crippen molar-refractivity contribution >= 4 is 11.7 Å². The van der Waals surface area contributed by atoms with E-state index >= 15 is 0 Å². The van der Waals surface area contributed by atoms with Crippen LogP contribution < -0.4 is 4.90 Å². The van der Waals surface area contributed by atoms with Crippen molar-refractivity contribution in [3.8, 4) is 6.07 Å². The van der Waals surface area contributed by atoms with Crippen LogP contribution in [0.15, 0.2) is 18.2 Å². The molecule has 1 aromatic rings. The highest BCUT2D eigenvalue weighted by molar-refractivity contribution is 5.89. The van der Waals surface area contributed by atoms with Crippen molar-refractivity contribution in [2.45, 2.75) is 25.3 Å². The zero-order valence-corrected chi connectivity index (χ0v) is 12.0. The second-order valence-electron chi connectivity index (χ2n) is 5.78. The van der Waals surface area contributed by atoms with Gasteiger partial charge in [-0.2, -0.15) is 5.26 Å². The number of hydrogen-bond acceptors (Lipinski definition) is 4. The smallest absolute Gasteiger partial charge is 0.335 e. The minimum atomic E-state index is -0.990. The number of anilines is 1. The Hall–Kier alpha value is -2.06. The van der Waals surface area contributed by atoms with Crippen LogP contribution in [0.25, 0.3) is 0 Å². The highest BCUT2D eigenvalue weighted by Gasteiger charge is 2.29. The minimum absolute atomic E-state index is 0.174. The fraction of sp³-hybridized carbons (Fsp3) is 0.500. The molecular weight excluding hydrogens is 266 g/mol.